The molecule has 1 aromatic heterocycles. The van der Waals surface area contributed by atoms with Gasteiger partial charge in [0, 0.05) is 0 Å². The molecule has 0 atom stereocenters. The molecule has 0 unspecified atom stereocenters. The highest BCUT2D eigenvalue weighted by Gasteiger charge is 2.22. The van der Waals surface area contributed by atoms with Gasteiger partial charge in [0.2, 0.25) is 0 Å². The van der Waals surface area contributed by atoms with Gasteiger partial charge in [-0.25, -0.2) is 13.6 Å². The fourth-order valence-corrected chi connectivity index (χ4v) is 1.29. The van der Waals surface area contributed by atoms with Crippen molar-refractivity contribution in [2.75, 3.05) is 0 Å². The molecule has 0 aliphatic heterocycles. The van der Waals surface area contributed by atoms with Gasteiger partial charge in [0.15, 0.2) is 0 Å². The van der Waals surface area contributed by atoms with Crippen molar-refractivity contribution in [2.45, 2.75) is 12.0 Å². The summed E-state index contributed by atoms with van der Waals surface area (Å²) in [4.78, 5) is 0. The van der Waals surface area contributed by atoms with E-state index < -0.39 is 15.1 Å². The Morgan fingerprint density at radius 2 is 2.25 bits per heavy atom. The molecule has 7 heteroatoms. The van der Waals surface area contributed by atoms with Gasteiger partial charge < -0.3 is 4.52 Å². The summed E-state index contributed by atoms with van der Waals surface area (Å²) in [6, 6.07) is 1.63. The molecule has 0 bridgehead atoms. The lowest BCUT2D eigenvalue weighted by molar-refractivity contribution is 0.336. The van der Waals surface area contributed by atoms with Gasteiger partial charge in [0.25, 0.3) is 15.1 Å². The maximum Gasteiger partial charge on any atom is 0.283 e. The molecule has 0 radical (unpaired) electrons. The Balaban J connectivity index is 3.49. The van der Waals surface area contributed by atoms with Crippen LogP contribution in [0.2, 0.25) is 0 Å². The molecule has 2 N–H and O–H groups in total. The van der Waals surface area contributed by atoms with E-state index in [9.17, 15) is 8.42 Å². The average Bonchev–Trinajstić information content (AvgIpc) is 2.29. The van der Waals surface area contributed by atoms with E-state index in [1.54, 1.807) is 6.07 Å². The topological polar surface area (TPSA) is 110 Å². The molecule has 1 rings (SSSR count). The average molecular weight is 187 g/mol. The zero-order valence-electron chi connectivity index (χ0n) is 6.10. The molecule has 6 nitrogen and oxygen atoms in total. The number of primary sulfonamides is 1. The lowest BCUT2D eigenvalue weighted by Crippen LogP contribution is -2.12. The van der Waals surface area contributed by atoms with Crippen LogP contribution in [0, 0.1) is 18.3 Å². The van der Waals surface area contributed by atoms with E-state index in [0.29, 0.717) is 0 Å². The zero-order chi connectivity index (χ0) is 9.35. The summed E-state index contributed by atoms with van der Waals surface area (Å²) in [7, 11) is -3.98. The normalized spacial score (nSPS) is 11.1. The summed E-state index contributed by atoms with van der Waals surface area (Å²) in [5.74, 6) is 0. The number of nitrogens with zero attached hydrogens (tertiary/aromatic N) is 2. The number of aromatic nitrogens is 1. The third kappa shape index (κ3) is 1.30. The van der Waals surface area contributed by atoms with Crippen molar-refractivity contribution in [2.24, 2.45) is 5.14 Å². The molecule has 0 fully saturated rings. The number of nitriles is 1. The second-order valence-corrected chi connectivity index (χ2v) is 3.55. The van der Waals surface area contributed by atoms with E-state index in [2.05, 4.69) is 9.68 Å². The summed E-state index contributed by atoms with van der Waals surface area (Å²) in [6.45, 7) is 1.46. The van der Waals surface area contributed by atoms with Crippen molar-refractivity contribution in [3.63, 3.8) is 0 Å². The fraction of sp³-hybridized carbons (Fsp3) is 0.200. The molecular weight excluding hydrogens is 182 g/mol. The molecule has 0 aliphatic carbocycles. The van der Waals surface area contributed by atoms with E-state index in [4.69, 9.17) is 10.4 Å². The quantitative estimate of drug-likeness (QED) is 0.637. The molecule has 64 valence electrons. The van der Waals surface area contributed by atoms with Gasteiger partial charge >= 0.3 is 0 Å². The number of sulfonamides is 1. The van der Waals surface area contributed by atoms with Crippen molar-refractivity contribution in [3.8, 4) is 6.07 Å². The standard InChI is InChI=1S/C5H5N3O3S/c1-3-4(2-6)5(11-8-3)12(7,9)10/h1H3,(H2,7,9,10). The van der Waals surface area contributed by atoms with Gasteiger partial charge in [-0.2, -0.15) is 5.26 Å². The molecule has 12 heavy (non-hydrogen) atoms. The molecule has 0 aliphatic rings. The van der Waals surface area contributed by atoms with Gasteiger partial charge in [-0.3, -0.25) is 0 Å². The highest BCUT2D eigenvalue weighted by Crippen LogP contribution is 2.15. The van der Waals surface area contributed by atoms with Gasteiger partial charge in [-0.1, -0.05) is 5.16 Å². The second-order valence-electron chi connectivity index (χ2n) is 2.09. The van der Waals surface area contributed by atoms with E-state index in [1.165, 1.54) is 6.92 Å². The van der Waals surface area contributed by atoms with Gasteiger partial charge in [0.05, 0.1) is 5.69 Å². The monoisotopic (exact) mass is 187 g/mol. The molecule has 0 spiro atoms. The summed E-state index contributed by atoms with van der Waals surface area (Å²) < 4.78 is 25.8. The number of rotatable bonds is 1. The first-order valence-electron chi connectivity index (χ1n) is 2.86. The lowest BCUT2D eigenvalue weighted by atomic mass is 10.3. The number of nitrogens with two attached hydrogens (primary N) is 1. The van der Waals surface area contributed by atoms with Crippen LogP contribution >= 0.6 is 0 Å². The lowest BCUT2D eigenvalue weighted by Gasteiger charge is -1.88. The predicted octanol–water partition coefficient (Wildman–Crippen LogP) is -0.498. The Morgan fingerprint density at radius 3 is 2.58 bits per heavy atom. The van der Waals surface area contributed by atoms with Crippen LogP contribution in [0.15, 0.2) is 9.62 Å². The van der Waals surface area contributed by atoms with Crippen LogP contribution in [0.4, 0.5) is 0 Å². The molecule has 0 saturated heterocycles. The summed E-state index contributed by atoms with van der Waals surface area (Å²) in [5.41, 5.74) is 0.0685. The van der Waals surface area contributed by atoms with Crippen molar-refractivity contribution < 1.29 is 12.9 Å². The summed E-state index contributed by atoms with van der Waals surface area (Å²) in [5, 5.41) is 15.9. The van der Waals surface area contributed by atoms with E-state index in [0.717, 1.165) is 0 Å². The van der Waals surface area contributed by atoms with Crippen molar-refractivity contribution in [1.82, 2.24) is 5.16 Å². The molecule has 1 aromatic rings. The van der Waals surface area contributed by atoms with Crippen LogP contribution in [0.25, 0.3) is 0 Å². The minimum absolute atomic E-state index is 0.141. The highest BCUT2D eigenvalue weighted by molar-refractivity contribution is 7.89. The third-order valence-corrected chi connectivity index (χ3v) is 2.00. The van der Waals surface area contributed by atoms with E-state index in [1.807, 2.05) is 0 Å². The van der Waals surface area contributed by atoms with E-state index in [-0.39, 0.29) is 11.3 Å². The Bertz CT molecular complexity index is 439. The maximum atomic E-state index is 10.7. The van der Waals surface area contributed by atoms with Crippen LogP contribution < -0.4 is 5.14 Å². The Hall–Kier alpha value is -1.39. The van der Waals surface area contributed by atoms with Crippen LogP contribution in [0.5, 0.6) is 0 Å². The number of hydrogen-bond donors (Lipinski definition) is 1. The molecule has 0 aromatic carbocycles. The fourth-order valence-electron chi connectivity index (χ4n) is 0.670. The van der Waals surface area contributed by atoms with Gasteiger partial charge in [-0.15, -0.1) is 0 Å². The minimum atomic E-state index is -3.98. The first-order chi connectivity index (χ1) is 5.46. The van der Waals surface area contributed by atoms with Crippen molar-refractivity contribution in [3.05, 3.63) is 11.3 Å². The Morgan fingerprint density at radius 1 is 1.67 bits per heavy atom. The Kier molecular flexibility index (Phi) is 1.87. The molecular formula is C5H5N3O3S. The van der Waals surface area contributed by atoms with Crippen molar-refractivity contribution in [1.29, 1.82) is 5.26 Å². The van der Waals surface area contributed by atoms with Crippen LogP contribution in [0.1, 0.15) is 11.3 Å². The third-order valence-electron chi connectivity index (χ3n) is 1.20. The summed E-state index contributed by atoms with van der Waals surface area (Å²) in [6.07, 6.45) is 0. The largest absolute Gasteiger partial charge is 0.341 e. The zero-order valence-corrected chi connectivity index (χ0v) is 6.92. The van der Waals surface area contributed by atoms with Gasteiger partial charge in [-0.05, 0) is 6.92 Å². The highest BCUT2D eigenvalue weighted by atomic mass is 32.2. The number of aryl methyl sites for hydroxylation is 1. The minimum Gasteiger partial charge on any atom is -0.341 e. The Labute approximate surface area is 68.6 Å². The van der Waals surface area contributed by atoms with Crippen LogP contribution in [0.3, 0.4) is 0 Å². The first kappa shape index (κ1) is 8.70. The SMILES string of the molecule is Cc1noc(S(N)(=O)=O)c1C#N. The maximum absolute atomic E-state index is 10.7. The molecule has 0 saturated carbocycles. The first-order valence-corrected chi connectivity index (χ1v) is 4.40. The molecule has 0 amide bonds. The van der Waals surface area contributed by atoms with Gasteiger partial charge in [0.1, 0.15) is 11.6 Å². The van der Waals surface area contributed by atoms with Crippen molar-refractivity contribution >= 4 is 10.0 Å². The smallest absolute Gasteiger partial charge is 0.283 e. The predicted molar refractivity (Wildman–Crippen MR) is 37.3 cm³/mol. The summed E-state index contributed by atoms with van der Waals surface area (Å²) >= 11 is 0. The van der Waals surface area contributed by atoms with Crippen LogP contribution in [-0.2, 0) is 10.0 Å². The second kappa shape index (κ2) is 2.58. The molecule has 1 heterocycles. The van der Waals surface area contributed by atoms with E-state index >= 15 is 0 Å². The number of hydrogen-bond acceptors (Lipinski definition) is 5. The van der Waals surface area contributed by atoms with Crippen LogP contribution in [-0.4, -0.2) is 13.6 Å².